The van der Waals surface area contributed by atoms with Crippen molar-refractivity contribution in [1.29, 1.82) is 0 Å². The Kier molecular flexibility index (Phi) is 2.98. The van der Waals surface area contributed by atoms with E-state index in [1.165, 1.54) is 0 Å². The van der Waals surface area contributed by atoms with Crippen LogP contribution in [0.2, 0.25) is 0 Å². The van der Waals surface area contributed by atoms with Gasteiger partial charge < -0.3 is 20.8 Å². The van der Waals surface area contributed by atoms with E-state index in [2.05, 4.69) is 4.98 Å². The molecule has 4 N–H and O–H groups in total. The van der Waals surface area contributed by atoms with Gasteiger partial charge in [0.05, 0.1) is 13.2 Å². The van der Waals surface area contributed by atoms with Crippen LogP contribution in [0.3, 0.4) is 0 Å². The largest absolute Gasteiger partial charge is 0.393 e. The molecule has 1 aromatic rings. The van der Waals surface area contributed by atoms with Crippen LogP contribution in [0, 0.1) is 0 Å². The molecule has 0 amide bonds. The zero-order valence-electron chi connectivity index (χ0n) is 9.13. The van der Waals surface area contributed by atoms with Crippen LogP contribution < -0.4 is 10.6 Å². The summed E-state index contributed by atoms with van der Waals surface area (Å²) in [7, 11) is 0. The molecule has 0 spiro atoms. The summed E-state index contributed by atoms with van der Waals surface area (Å²) in [4.78, 5) is 6.16. The quantitative estimate of drug-likeness (QED) is 0.656. The van der Waals surface area contributed by atoms with Gasteiger partial charge in [0.1, 0.15) is 17.2 Å². The molecule has 1 aliphatic rings. The third-order valence-corrected chi connectivity index (χ3v) is 2.93. The third kappa shape index (κ3) is 2.25. The fraction of sp³-hybridized carbons (Fsp3) is 0.545. The fourth-order valence-corrected chi connectivity index (χ4v) is 2.05. The van der Waals surface area contributed by atoms with E-state index in [-0.39, 0.29) is 6.61 Å². The van der Waals surface area contributed by atoms with Gasteiger partial charge >= 0.3 is 0 Å². The highest BCUT2D eigenvalue weighted by Gasteiger charge is 2.33. The number of aliphatic hydroxyl groups excluding tert-OH is 1. The standard InChI is InChI=1S/C11H17N3O2/c12-9-3-1-4-10(13-9)14-6-2-5-11(16,7-14)8-15/h1,3-4,15-16H,2,5-8H2,(H2,12,13). The number of aromatic nitrogens is 1. The molecule has 0 aliphatic carbocycles. The first kappa shape index (κ1) is 11.2. The zero-order valence-corrected chi connectivity index (χ0v) is 9.13. The van der Waals surface area contributed by atoms with E-state index in [9.17, 15) is 5.11 Å². The average Bonchev–Trinajstić information content (AvgIpc) is 2.29. The molecule has 2 heterocycles. The first-order valence-electron chi connectivity index (χ1n) is 5.44. The van der Waals surface area contributed by atoms with E-state index in [1.807, 2.05) is 17.0 Å². The van der Waals surface area contributed by atoms with Crippen LogP contribution >= 0.6 is 0 Å². The average molecular weight is 223 g/mol. The van der Waals surface area contributed by atoms with Crippen LogP contribution in [-0.4, -0.2) is 40.5 Å². The van der Waals surface area contributed by atoms with Gasteiger partial charge in [-0.1, -0.05) is 6.07 Å². The smallest absolute Gasteiger partial charge is 0.131 e. The Morgan fingerprint density at radius 1 is 1.50 bits per heavy atom. The van der Waals surface area contributed by atoms with Crippen molar-refractivity contribution >= 4 is 11.6 Å². The minimum Gasteiger partial charge on any atom is -0.393 e. The SMILES string of the molecule is Nc1cccc(N2CCCC(O)(CO)C2)n1. The number of β-amino-alcohol motifs (C(OH)–C–C–N with tert-alkyl or cyclic N) is 1. The molecule has 2 rings (SSSR count). The van der Waals surface area contributed by atoms with Gasteiger partial charge in [0.25, 0.3) is 0 Å². The van der Waals surface area contributed by atoms with Crippen LogP contribution in [0.4, 0.5) is 11.6 Å². The van der Waals surface area contributed by atoms with Crippen molar-refractivity contribution in [3.63, 3.8) is 0 Å². The van der Waals surface area contributed by atoms with Crippen LogP contribution in [0.15, 0.2) is 18.2 Å². The number of nitrogens with two attached hydrogens (primary N) is 1. The topological polar surface area (TPSA) is 82.6 Å². The number of nitrogen functional groups attached to an aromatic ring is 1. The summed E-state index contributed by atoms with van der Waals surface area (Å²) >= 11 is 0. The van der Waals surface area contributed by atoms with Crippen molar-refractivity contribution in [2.24, 2.45) is 0 Å². The Morgan fingerprint density at radius 3 is 3.00 bits per heavy atom. The Balaban J connectivity index is 2.16. The Hall–Kier alpha value is -1.33. The maximum absolute atomic E-state index is 10.0. The molecule has 0 aromatic carbocycles. The number of hydrogen-bond donors (Lipinski definition) is 3. The molecule has 16 heavy (non-hydrogen) atoms. The summed E-state index contributed by atoms with van der Waals surface area (Å²) in [6.07, 6.45) is 1.47. The van der Waals surface area contributed by atoms with Crippen LogP contribution in [0.5, 0.6) is 0 Å². The van der Waals surface area contributed by atoms with Crippen molar-refractivity contribution in [1.82, 2.24) is 4.98 Å². The highest BCUT2D eigenvalue weighted by molar-refractivity contribution is 5.45. The Labute approximate surface area is 94.5 Å². The molecule has 1 unspecified atom stereocenters. The number of nitrogens with zero attached hydrogens (tertiary/aromatic N) is 2. The highest BCUT2D eigenvalue weighted by atomic mass is 16.3. The second-order valence-corrected chi connectivity index (χ2v) is 4.33. The molecule has 1 atom stereocenters. The highest BCUT2D eigenvalue weighted by Crippen LogP contribution is 2.24. The lowest BCUT2D eigenvalue weighted by Crippen LogP contribution is -2.50. The first-order valence-corrected chi connectivity index (χ1v) is 5.44. The van der Waals surface area contributed by atoms with Crippen molar-refractivity contribution < 1.29 is 10.2 Å². The van der Waals surface area contributed by atoms with Crippen LogP contribution in [-0.2, 0) is 0 Å². The van der Waals surface area contributed by atoms with Crippen LogP contribution in [0.25, 0.3) is 0 Å². The van der Waals surface area contributed by atoms with Gasteiger partial charge in [-0.05, 0) is 25.0 Å². The van der Waals surface area contributed by atoms with Gasteiger partial charge in [-0.2, -0.15) is 0 Å². The van der Waals surface area contributed by atoms with E-state index in [0.29, 0.717) is 18.8 Å². The van der Waals surface area contributed by atoms with E-state index >= 15 is 0 Å². The lowest BCUT2D eigenvalue weighted by atomic mass is 9.94. The second kappa shape index (κ2) is 4.27. The molecule has 1 saturated heterocycles. The zero-order chi connectivity index (χ0) is 11.6. The molecule has 1 aromatic heterocycles. The van der Waals surface area contributed by atoms with Crippen molar-refractivity contribution in [3.8, 4) is 0 Å². The maximum atomic E-state index is 10.0. The van der Waals surface area contributed by atoms with E-state index in [1.54, 1.807) is 6.07 Å². The molecule has 5 nitrogen and oxygen atoms in total. The van der Waals surface area contributed by atoms with Gasteiger partial charge in [-0.15, -0.1) is 0 Å². The van der Waals surface area contributed by atoms with E-state index in [0.717, 1.165) is 18.8 Å². The summed E-state index contributed by atoms with van der Waals surface area (Å²) in [5.74, 6) is 1.22. The molecule has 0 saturated carbocycles. The van der Waals surface area contributed by atoms with Gasteiger partial charge in [-0.3, -0.25) is 0 Å². The van der Waals surface area contributed by atoms with Crippen molar-refractivity contribution in [2.45, 2.75) is 18.4 Å². The molecule has 88 valence electrons. The molecule has 1 fully saturated rings. The third-order valence-electron chi connectivity index (χ3n) is 2.93. The predicted octanol–water partition coefficient (Wildman–Crippen LogP) is -0.0126. The van der Waals surface area contributed by atoms with E-state index < -0.39 is 5.60 Å². The first-order chi connectivity index (χ1) is 7.63. The summed E-state index contributed by atoms with van der Waals surface area (Å²) in [6, 6.07) is 5.43. The molecule has 0 radical (unpaired) electrons. The molecule has 0 bridgehead atoms. The van der Waals surface area contributed by atoms with Gasteiger partial charge in [-0.25, -0.2) is 4.98 Å². The molecule has 5 heteroatoms. The van der Waals surface area contributed by atoms with Gasteiger partial charge in [0.15, 0.2) is 0 Å². The summed E-state index contributed by atoms with van der Waals surface area (Å²) < 4.78 is 0. The summed E-state index contributed by atoms with van der Waals surface area (Å²) in [5, 5.41) is 19.2. The fourth-order valence-electron chi connectivity index (χ4n) is 2.05. The Morgan fingerprint density at radius 2 is 2.31 bits per heavy atom. The summed E-state index contributed by atoms with van der Waals surface area (Å²) in [6.45, 7) is 1.02. The predicted molar refractivity (Wildman–Crippen MR) is 62.1 cm³/mol. The number of aliphatic hydroxyl groups is 2. The second-order valence-electron chi connectivity index (χ2n) is 4.33. The van der Waals surface area contributed by atoms with Gasteiger partial charge in [0, 0.05) is 6.54 Å². The lowest BCUT2D eigenvalue weighted by Gasteiger charge is -2.38. The summed E-state index contributed by atoms with van der Waals surface area (Å²) in [5.41, 5.74) is 4.61. The normalized spacial score (nSPS) is 25.8. The monoisotopic (exact) mass is 223 g/mol. The minimum atomic E-state index is -1.01. The van der Waals surface area contributed by atoms with E-state index in [4.69, 9.17) is 10.8 Å². The lowest BCUT2D eigenvalue weighted by molar-refractivity contribution is -0.0242. The Bertz CT molecular complexity index is 372. The number of rotatable bonds is 2. The molecular formula is C11H17N3O2. The molecule has 1 aliphatic heterocycles. The van der Waals surface area contributed by atoms with Crippen molar-refractivity contribution in [3.05, 3.63) is 18.2 Å². The number of pyridine rings is 1. The maximum Gasteiger partial charge on any atom is 0.131 e. The minimum absolute atomic E-state index is 0.216. The van der Waals surface area contributed by atoms with Crippen molar-refractivity contribution in [2.75, 3.05) is 30.3 Å². The van der Waals surface area contributed by atoms with Crippen LogP contribution in [0.1, 0.15) is 12.8 Å². The molecular weight excluding hydrogens is 206 g/mol. The van der Waals surface area contributed by atoms with Gasteiger partial charge in [0.2, 0.25) is 0 Å². The number of hydrogen-bond acceptors (Lipinski definition) is 5. The number of piperidine rings is 1. The number of anilines is 2.